The van der Waals surface area contributed by atoms with Gasteiger partial charge >= 0.3 is 7.12 Å². The lowest BCUT2D eigenvalue weighted by molar-refractivity contribution is 0.0985. The van der Waals surface area contributed by atoms with Crippen LogP contribution in [0.1, 0.15) is 18.8 Å². The fourth-order valence-corrected chi connectivity index (χ4v) is 2.61. The van der Waals surface area contributed by atoms with E-state index in [1.165, 1.54) is 0 Å². The third kappa shape index (κ3) is 4.15. The van der Waals surface area contributed by atoms with Gasteiger partial charge in [-0.2, -0.15) is 0 Å². The highest BCUT2D eigenvalue weighted by molar-refractivity contribution is 6.58. The molecule has 0 aliphatic rings. The zero-order chi connectivity index (χ0) is 17.6. The minimum absolute atomic E-state index is 0. The van der Waals surface area contributed by atoms with Crippen molar-refractivity contribution >= 4 is 24.2 Å². The molecule has 25 heavy (non-hydrogen) atoms. The van der Waals surface area contributed by atoms with E-state index in [4.69, 9.17) is 0 Å². The zero-order valence-corrected chi connectivity index (χ0v) is 13.6. The van der Waals surface area contributed by atoms with Crippen LogP contribution in [0.4, 0.5) is 5.69 Å². The molecule has 0 aliphatic heterocycles. The molecule has 3 aromatic carbocycles. The van der Waals surface area contributed by atoms with Crippen LogP contribution in [0.25, 0.3) is 0 Å². The average Bonchev–Trinajstić information content (AvgIpc) is 2.67. The topological polar surface area (TPSA) is 60.8 Å². The first-order valence-electron chi connectivity index (χ1n) is 8.02. The quantitative estimate of drug-likeness (QED) is 0.705. The van der Waals surface area contributed by atoms with Crippen molar-refractivity contribution in [2.45, 2.75) is 6.54 Å². The normalized spacial score (nSPS) is 10.3. The van der Waals surface area contributed by atoms with Gasteiger partial charge in [-0.25, -0.2) is 0 Å². The second kappa shape index (κ2) is 7.79. The summed E-state index contributed by atoms with van der Waals surface area (Å²) >= 11 is 0. The molecule has 0 aliphatic carbocycles. The van der Waals surface area contributed by atoms with E-state index in [1.54, 1.807) is 29.2 Å². The van der Waals surface area contributed by atoms with Crippen molar-refractivity contribution in [3.8, 4) is 0 Å². The molecule has 0 aromatic heterocycles. The van der Waals surface area contributed by atoms with Crippen LogP contribution in [0.15, 0.2) is 84.9 Å². The summed E-state index contributed by atoms with van der Waals surface area (Å²) in [7, 11) is -1.54. The van der Waals surface area contributed by atoms with Crippen molar-refractivity contribution in [2.24, 2.45) is 0 Å². The van der Waals surface area contributed by atoms with Crippen LogP contribution in [-0.4, -0.2) is 23.1 Å². The Morgan fingerprint density at radius 2 is 1.40 bits per heavy atom. The summed E-state index contributed by atoms with van der Waals surface area (Å²) in [5.41, 5.74) is 2.68. The monoisotopic (exact) mass is 335 g/mol. The van der Waals surface area contributed by atoms with Crippen LogP contribution >= 0.6 is 0 Å². The predicted molar refractivity (Wildman–Crippen MR) is 104 cm³/mol. The molecule has 0 radical (unpaired) electrons. The van der Waals surface area contributed by atoms with Gasteiger partial charge in [0.2, 0.25) is 0 Å². The SMILES string of the molecule is O=C(c1ccc(B(O)O)cc1)N(Cc1ccccc1)c1ccccc1.[HH].[HH]. The smallest absolute Gasteiger partial charge is 0.423 e. The van der Waals surface area contributed by atoms with Gasteiger partial charge in [0.05, 0.1) is 6.54 Å². The van der Waals surface area contributed by atoms with Crippen molar-refractivity contribution in [2.75, 3.05) is 4.90 Å². The Bertz CT molecular complexity index is 831. The van der Waals surface area contributed by atoms with Gasteiger partial charge in [-0.3, -0.25) is 4.79 Å². The lowest BCUT2D eigenvalue weighted by Gasteiger charge is -2.23. The number of nitrogens with zero attached hydrogens (tertiary/aromatic N) is 1. The first-order chi connectivity index (χ1) is 12.1. The van der Waals surface area contributed by atoms with E-state index in [0.717, 1.165) is 11.3 Å². The Balaban J connectivity index is 0.00000182. The number of carbonyl (C=O) groups excluding carboxylic acids is 1. The number of hydrogen-bond donors (Lipinski definition) is 2. The molecule has 0 heterocycles. The zero-order valence-electron chi connectivity index (χ0n) is 13.6. The molecule has 0 saturated heterocycles. The van der Waals surface area contributed by atoms with Gasteiger partial charge in [0.15, 0.2) is 0 Å². The Labute approximate surface area is 150 Å². The highest BCUT2D eigenvalue weighted by Gasteiger charge is 2.19. The Hall–Kier alpha value is -2.89. The second-order valence-electron chi connectivity index (χ2n) is 5.71. The average molecular weight is 335 g/mol. The van der Waals surface area contributed by atoms with E-state index in [9.17, 15) is 14.8 Å². The van der Waals surface area contributed by atoms with Crippen molar-refractivity contribution < 1.29 is 17.7 Å². The summed E-state index contributed by atoms with van der Waals surface area (Å²) in [6.07, 6.45) is 0. The summed E-state index contributed by atoms with van der Waals surface area (Å²) in [5, 5.41) is 18.4. The van der Waals surface area contributed by atoms with E-state index in [1.807, 2.05) is 60.7 Å². The van der Waals surface area contributed by atoms with Gasteiger partial charge in [-0.15, -0.1) is 0 Å². The molecule has 0 bridgehead atoms. The predicted octanol–water partition coefficient (Wildman–Crippen LogP) is 2.71. The molecule has 5 heteroatoms. The third-order valence-corrected chi connectivity index (χ3v) is 3.95. The van der Waals surface area contributed by atoms with E-state index < -0.39 is 7.12 Å². The van der Waals surface area contributed by atoms with Gasteiger partial charge in [0, 0.05) is 14.1 Å². The summed E-state index contributed by atoms with van der Waals surface area (Å²) < 4.78 is 0. The largest absolute Gasteiger partial charge is 0.488 e. The molecule has 0 unspecified atom stereocenters. The first kappa shape index (κ1) is 17.0. The second-order valence-corrected chi connectivity index (χ2v) is 5.71. The van der Waals surface area contributed by atoms with Crippen LogP contribution in [0.5, 0.6) is 0 Å². The van der Waals surface area contributed by atoms with E-state index in [0.29, 0.717) is 17.6 Å². The summed E-state index contributed by atoms with van der Waals surface area (Å²) in [6.45, 7) is 0.452. The Kier molecular flexibility index (Phi) is 5.28. The molecule has 0 saturated carbocycles. The van der Waals surface area contributed by atoms with Gasteiger partial charge < -0.3 is 14.9 Å². The molecule has 128 valence electrons. The number of anilines is 1. The molecule has 0 fully saturated rings. The maximum absolute atomic E-state index is 13.0. The van der Waals surface area contributed by atoms with Crippen molar-refractivity contribution in [1.82, 2.24) is 0 Å². The minimum Gasteiger partial charge on any atom is -0.423 e. The Morgan fingerprint density at radius 1 is 0.840 bits per heavy atom. The van der Waals surface area contributed by atoms with Crippen LogP contribution < -0.4 is 10.4 Å². The van der Waals surface area contributed by atoms with Gasteiger partial charge in [-0.05, 0) is 35.3 Å². The number of amides is 1. The lowest BCUT2D eigenvalue weighted by Crippen LogP contribution is -2.32. The summed E-state index contributed by atoms with van der Waals surface area (Å²) in [4.78, 5) is 14.7. The van der Waals surface area contributed by atoms with Crippen LogP contribution in [-0.2, 0) is 6.54 Å². The number of benzene rings is 3. The molecule has 3 aromatic rings. The maximum atomic E-state index is 13.0. The van der Waals surface area contributed by atoms with Crippen LogP contribution in [0.2, 0.25) is 0 Å². The summed E-state index contributed by atoms with van der Waals surface area (Å²) in [5.74, 6) is -0.144. The molecule has 3 rings (SSSR count). The van der Waals surface area contributed by atoms with E-state index >= 15 is 0 Å². The fourth-order valence-electron chi connectivity index (χ4n) is 2.61. The van der Waals surface area contributed by atoms with Gasteiger partial charge in [0.25, 0.3) is 5.91 Å². The maximum Gasteiger partial charge on any atom is 0.488 e. The number of rotatable bonds is 5. The molecular weight excluding hydrogens is 313 g/mol. The molecule has 0 atom stereocenters. The Morgan fingerprint density at radius 3 is 1.96 bits per heavy atom. The molecule has 0 spiro atoms. The minimum atomic E-state index is -1.54. The third-order valence-electron chi connectivity index (χ3n) is 3.95. The van der Waals surface area contributed by atoms with Crippen molar-refractivity contribution in [1.29, 1.82) is 0 Å². The highest BCUT2D eigenvalue weighted by Crippen LogP contribution is 2.19. The molecule has 4 nitrogen and oxygen atoms in total. The first-order valence-corrected chi connectivity index (χ1v) is 8.02. The van der Waals surface area contributed by atoms with Gasteiger partial charge in [-0.1, -0.05) is 60.7 Å². The summed E-state index contributed by atoms with van der Waals surface area (Å²) in [6, 6.07) is 25.6. The number of hydrogen-bond acceptors (Lipinski definition) is 3. The van der Waals surface area contributed by atoms with E-state index in [-0.39, 0.29) is 8.76 Å². The molecular formula is C20H22BNO3. The lowest BCUT2D eigenvalue weighted by atomic mass is 9.80. The van der Waals surface area contributed by atoms with Crippen LogP contribution in [0, 0.1) is 0 Å². The highest BCUT2D eigenvalue weighted by atomic mass is 16.4. The molecule has 1 amide bonds. The van der Waals surface area contributed by atoms with Crippen LogP contribution in [0.3, 0.4) is 0 Å². The van der Waals surface area contributed by atoms with E-state index in [2.05, 4.69) is 0 Å². The fraction of sp³-hybridized carbons (Fsp3) is 0.0500. The number of para-hydroxylation sites is 1. The van der Waals surface area contributed by atoms with Gasteiger partial charge in [0.1, 0.15) is 0 Å². The standard InChI is InChI=1S/C20H18BNO3.2H2/c23-20(17-11-13-18(14-12-17)21(24)25)22(19-9-5-2-6-10-19)15-16-7-3-1-4-8-16;;/h1-14,24-25H,15H2;2*1H. The van der Waals surface area contributed by atoms with Crippen molar-refractivity contribution in [3.05, 3.63) is 96.1 Å². The van der Waals surface area contributed by atoms with Crippen molar-refractivity contribution in [3.63, 3.8) is 0 Å². The number of carbonyl (C=O) groups is 1. The molecule has 2 N–H and O–H groups in total.